The summed E-state index contributed by atoms with van der Waals surface area (Å²) in [6.45, 7) is 4.55. The zero-order valence-electron chi connectivity index (χ0n) is 15.0. The second-order valence-corrected chi connectivity index (χ2v) is 6.15. The summed E-state index contributed by atoms with van der Waals surface area (Å²) in [7, 11) is 3.35. The van der Waals surface area contributed by atoms with Crippen molar-refractivity contribution in [3.8, 4) is 5.75 Å². The number of aromatic nitrogens is 2. The minimum absolute atomic E-state index is 0.116. The fraction of sp³-hybridized carbons (Fsp3) is 0.389. The first-order valence-electron chi connectivity index (χ1n) is 8.16. The molecule has 1 aromatic heterocycles. The molecule has 0 fully saturated rings. The number of nitrogens with zero attached hydrogens (tertiary/aromatic N) is 3. The molecule has 7 heteroatoms. The Morgan fingerprint density at radius 1 is 1.32 bits per heavy atom. The van der Waals surface area contributed by atoms with Gasteiger partial charge in [0, 0.05) is 25.3 Å². The zero-order valence-corrected chi connectivity index (χ0v) is 15.7. The van der Waals surface area contributed by atoms with Crippen LogP contribution in [0.25, 0.3) is 0 Å². The SMILES string of the molecule is CCCCN(C)C(=O)c1cc(Nc2ccc(OC)c(Cl)c2)nc(C)n1. The van der Waals surface area contributed by atoms with E-state index in [0.29, 0.717) is 34.7 Å². The number of hydrogen-bond donors (Lipinski definition) is 1. The summed E-state index contributed by atoms with van der Waals surface area (Å²) in [5.41, 5.74) is 1.12. The van der Waals surface area contributed by atoms with Gasteiger partial charge in [0.1, 0.15) is 23.1 Å². The Morgan fingerprint density at radius 2 is 2.08 bits per heavy atom. The fourth-order valence-corrected chi connectivity index (χ4v) is 2.58. The van der Waals surface area contributed by atoms with E-state index in [4.69, 9.17) is 16.3 Å². The second kappa shape index (κ2) is 8.67. The molecule has 1 N–H and O–H groups in total. The fourth-order valence-electron chi connectivity index (χ4n) is 2.33. The molecule has 2 rings (SSSR count). The standard InChI is InChI=1S/C18H23ClN4O2/c1-5-6-9-23(3)18(24)15-11-17(21-12(2)20-15)22-13-7-8-16(25-4)14(19)10-13/h7-8,10-11H,5-6,9H2,1-4H3,(H,20,21,22). The molecule has 0 saturated heterocycles. The van der Waals surface area contributed by atoms with Crippen LogP contribution < -0.4 is 10.1 Å². The molecule has 1 amide bonds. The van der Waals surface area contributed by atoms with Gasteiger partial charge in [-0.25, -0.2) is 9.97 Å². The van der Waals surface area contributed by atoms with Crippen molar-refractivity contribution in [3.63, 3.8) is 0 Å². The first kappa shape index (κ1) is 19.0. The van der Waals surface area contributed by atoms with Gasteiger partial charge in [0.05, 0.1) is 12.1 Å². The molecule has 0 atom stereocenters. The van der Waals surface area contributed by atoms with E-state index >= 15 is 0 Å². The summed E-state index contributed by atoms with van der Waals surface area (Å²) < 4.78 is 5.14. The summed E-state index contributed by atoms with van der Waals surface area (Å²) in [6, 6.07) is 6.99. The molecule has 0 aliphatic rings. The highest BCUT2D eigenvalue weighted by molar-refractivity contribution is 6.32. The van der Waals surface area contributed by atoms with E-state index in [9.17, 15) is 4.79 Å². The molecule has 0 unspecified atom stereocenters. The zero-order chi connectivity index (χ0) is 18.4. The Balaban J connectivity index is 2.21. The highest BCUT2D eigenvalue weighted by Crippen LogP contribution is 2.28. The van der Waals surface area contributed by atoms with Crippen molar-refractivity contribution < 1.29 is 9.53 Å². The summed E-state index contributed by atoms with van der Waals surface area (Å²) in [5, 5.41) is 3.65. The van der Waals surface area contributed by atoms with Crippen LogP contribution in [-0.4, -0.2) is 41.5 Å². The summed E-state index contributed by atoms with van der Waals surface area (Å²) in [6.07, 6.45) is 1.99. The second-order valence-electron chi connectivity index (χ2n) is 5.74. The first-order valence-corrected chi connectivity index (χ1v) is 8.54. The number of nitrogens with one attached hydrogen (secondary N) is 1. The lowest BCUT2D eigenvalue weighted by Crippen LogP contribution is -2.28. The smallest absolute Gasteiger partial charge is 0.272 e. The first-order chi connectivity index (χ1) is 11.9. The quantitative estimate of drug-likeness (QED) is 0.804. The van der Waals surface area contributed by atoms with Crippen molar-refractivity contribution in [2.45, 2.75) is 26.7 Å². The lowest BCUT2D eigenvalue weighted by molar-refractivity contribution is 0.0787. The summed E-state index contributed by atoms with van der Waals surface area (Å²) >= 11 is 6.14. The molecule has 1 aromatic carbocycles. The summed E-state index contributed by atoms with van der Waals surface area (Å²) in [5.74, 6) is 1.55. The Morgan fingerprint density at radius 3 is 2.72 bits per heavy atom. The van der Waals surface area contributed by atoms with E-state index in [0.717, 1.165) is 18.5 Å². The van der Waals surface area contributed by atoms with E-state index in [1.165, 1.54) is 0 Å². The molecule has 0 bridgehead atoms. The summed E-state index contributed by atoms with van der Waals surface area (Å²) in [4.78, 5) is 22.8. The van der Waals surface area contributed by atoms with Crippen molar-refractivity contribution in [1.29, 1.82) is 0 Å². The monoisotopic (exact) mass is 362 g/mol. The van der Waals surface area contributed by atoms with Crippen LogP contribution >= 0.6 is 11.6 Å². The van der Waals surface area contributed by atoms with Gasteiger partial charge >= 0.3 is 0 Å². The molecule has 0 spiro atoms. The van der Waals surface area contributed by atoms with E-state index in [1.54, 1.807) is 44.2 Å². The van der Waals surface area contributed by atoms with Crippen LogP contribution in [0.3, 0.4) is 0 Å². The van der Waals surface area contributed by atoms with Crippen LogP contribution in [0, 0.1) is 6.92 Å². The lowest BCUT2D eigenvalue weighted by atomic mass is 10.2. The third-order valence-corrected chi connectivity index (χ3v) is 3.97. The van der Waals surface area contributed by atoms with Gasteiger partial charge in [-0.15, -0.1) is 0 Å². The molecule has 0 radical (unpaired) electrons. The number of amides is 1. The van der Waals surface area contributed by atoms with Crippen LogP contribution in [0.4, 0.5) is 11.5 Å². The van der Waals surface area contributed by atoms with Crippen molar-refractivity contribution >= 4 is 29.0 Å². The number of benzene rings is 1. The van der Waals surface area contributed by atoms with E-state index in [2.05, 4.69) is 22.2 Å². The van der Waals surface area contributed by atoms with E-state index < -0.39 is 0 Å². The Hall–Kier alpha value is -2.34. The van der Waals surface area contributed by atoms with E-state index in [-0.39, 0.29) is 5.91 Å². The van der Waals surface area contributed by atoms with Crippen LogP contribution in [-0.2, 0) is 0 Å². The molecular weight excluding hydrogens is 340 g/mol. The highest BCUT2D eigenvalue weighted by atomic mass is 35.5. The molecule has 6 nitrogen and oxygen atoms in total. The molecule has 1 heterocycles. The molecule has 25 heavy (non-hydrogen) atoms. The Bertz CT molecular complexity index is 752. The molecular formula is C18H23ClN4O2. The van der Waals surface area contributed by atoms with Gasteiger partial charge < -0.3 is 15.0 Å². The maximum absolute atomic E-state index is 12.5. The minimum atomic E-state index is -0.116. The number of hydrogen-bond acceptors (Lipinski definition) is 5. The maximum Gasteiger partial charge on any atom is 0.272 e. The van der Waals surface area contributed by atoms with Gasteiger partial charge in [0.15, 0.2) is 0 Å². The van der Waals surface area contributed by atoms with E-state index in [1.807, 2.05) is 6.07 Å². The van der Waals surface area contributed by atoms with Gasteiger partial charge in [-0.3, -0.25) is 4.79 Å². The average molecular weight is 363 g/mol. The molecule has 0 saturated carbocycles. The molecule has 134 valence electrons. The molecule has 0 aliphatic carbocycles. The lowest BCUT2D eigenvalue weighted by Gasteiger charge is -2.17. The molecule has 2 aromatic rings. The predicted octanol–water partition coefficient (Wildman–Crippen LogP) is 4.06. The predicted molar refractivity (Wildman–Crippen MR) is 99.9 cm³/mol. The number of anilines is 2. The third kappa shape index (κ3) is 5.06. The third-order valence-electron chi connectivity index (χ3n) is 3.68. The van der Waals surface area contributed by atoms with Crippen molar-refractivity contribution in [2.75, 3.05) is 26.0 Å². The number of carbonyl (C=O) groups excluding carboxylic acids is 1. The largest absolute Gasteiger partial charge is 0.495 e. The van der Waals surface area contributed by atoms with Crippen LogP contribution in [0.1, 0.15) is 36.1 Å². The minimum Gasteiger partial charge on any atom is -0.495 e. The Labute approximate surface area is 153 Å². The Kier molecular flexibility index (Phi) is 6.58. The number of unbranched alkanes of at least 4 members (excludes halogenated alkanes) is 1. The van der Waals surface area contributed by atoms with Gasteiger partial charge in [-0.2, -0.15) is 0 Å². The number of halogens is 1. The highest BCUT2D eigenvalue weighted by Gasteiger charge is 2.15. The molecule has 0 aliphatic heterocycles. The normalized spacial score (nSPS) is 10.4. The van der Waals surface area contributed by atoms with Gasteiger partial charge in [0.2, 0.25) is 0 Å². The number of ether oxygens (including phenoxy) is 1. The number of aryl methyl sites for hydroxylation is 1. The topological polar surface area (TPSA) is 67.4 Å². The van der Waals surface area contributed by atoms with Gasteiger partial charge in [-0.1, -0.05) is 24.9 Å². The van der Waals surface area contributed by atoms with Crippen LogP contribution in [0.2, 0.25) is 5.02 Å². The average Bonchev–Trinajstić information content (AvgIpc) is 2.58. The van der Waals surface area contributed by atoms with Crippen molar-refractivity contribution in [3.05, 3.63) is 40.8 Å². The van der Waals surface area contributed by atoms with Crippen LogP contribution in [0.5, 0.6) is 5.75 Å². The maximum atomic E-state index is 12.5. The van der Waals surface area contributed by atoms with Crippen LogP contribution in [0.15, 0.2) is 24.3 Å². The number of rotatable bonds is 7. The van der Waals surface area contributed by atoms with Crippen molar-refractivity contribution in [2.24, 2.45) is 0 Å². The van der Waals surface area contributed by atoms with Crippen molar-refractivity contribution in [1.82, 2.24) is 14.9 Å². The van der Waals surface area contributed by atoms with Gasteiger partial charge in [-0.05, 0) is 31.5 Å². The van der Waals surface area contributed by atoms with Gasteiger partial charge in [0.25, 0.3) is 5.91 Å². The number of carbonyl (C=O) groups is 1. The number of methoxy groups -OCH3 is 1.